The Kier molecular flexibility index (Phi) is 4.18. The Balaban J connectivity index is 2.14. The molecule has 2 rings (SSSR count). The first-order chi connectivity index (χ1) is 9.15. The van der Waals surface area contributed by atoms with Gasteiger partial charge in [0.15, 0.2) is 5.82 Å². The van der Waals surface area contributed by atoms with Crippen LogP contribution >= 0.6 is 0 Å². The zero-order valence-electron chi connectivity index (χ0n) is 11.0. The quantitative estimate of drug-likeness (QED) is 0.912. The summed E-state index contributed by atoms with van der Waals surface area (Å²) in [5.74, 6) is 1.38. The van der Waals surface area contributed by atoms with Crippen molar-refractivity contribution in [3.63, 3.8) is 0 Å². The van der Waals surface area contributed by atoms with E-state index in [0.29, 0.717) is 24.0 Å². The fourth-order valence-corrected chi connectivity index (χ4v) is 1.63. The van der Waals surface area contributed by atoms with Gasteiger partial charge in [-0.3, -0.25) is 9.78 Å². The van der Waals surface area contributed by atoms with Gasteiger partial charge in [-0.15, -0.1) is 0 Å². The van der Waals surface area contributed by atoms with Gasteiger partial charge in [-0.1, -0.05) is 13.8 Å². The maximum atomic E-state index is 11.7. The lowest BCUT2D eigenvalue weighted by molar-refractivity contribution is -0.116. The predicted molar refractivity (Wildman–Crippen MR) is 73.3 cm³/mol. The first kappa shape index (κ1) is 13.1. The van der Waals surface area contributed by atoms with Crippen LogP contribution in [-0.4, -0.2) is 20.9 Å². The summed E-state index contributed by atoms with van der Waals surface area (Å²) in [5.41, 5.74) is 0.870. The molecule has 5 nitrogen and oxygen atoms in total. The third-order valence-corrected chi connectivity index (χ3v) is 2.46. The van der Waals surface area contributed by atoms with Crippen LogP contribution in [0.4, 0.5) is 5.82 Å². The van der Waals surface area contributed by atoms with Crippen molar-refractivity contribution >= 4 is 11.7 Å². The lowest BCUT2D eigenvalue weighted by atomic mass is 10.1. The van der Waals surface area contributed by atoms with Gasteiger partial charge in [-0.2, -0.15) is 0 Å². The van der Waals surface area contributed by atoms with E-state index in [9.17, 15) is 4.79 Å². The average molecular weight is 256 g/mol. The molecule has 0 unspecified atom stereocenters. The van der Waals surface area contributed by atoms with E-state index in [-0.39, 0.29) is 5.91 Å². The third kappa shape index (κ3) is 3.84. The number of hydrogen-bond acceptors (Lipinski definition) is 4. The SMILES string of the molecule is CC(C)CC(=O)Nc1ccnc(-c2ccncc2)n1. The molecule has 0 fully saturated rings. The molecule has 0 spiro atoms. The number of aromatic nitrogens is 3. The third-order valence-electron chi connectivity index (χ3n) is 2.46. The van der Waals surface area contributed by atoms with E-state index in [1.165, 1.54) is 0 Å². The molecule has 0 aliphatic rings. The number of hydrogen-bond donors (Lipinski definition) is 1. The maximum absolute atomic E-state index is 11.7. The minimum absolute atomic E-state index is 0.0330. The summed E-state index contributed by atoms with van der Waals surface area (Å²) in [5, 5.41) is 2.78. The molecule has 1 amide bonds. The second-order valence-electron chi connectivity index (χ2n) is 4.65. The first-order valence-corrected chi connectivity index (χ1v) is 6.18. The smallest absolute Gasteiger partial charge is 0.225 e. The van der Waals surface area contributed by atoms with Crippen LogP contribution in [0, 0.1) is 5.92 Å². The van der Waals surface area contributed by atoms with E-state index in [1.807, 2.05) is 26.0 Å². The molecular formula is C14H16N4O. The zero-order chi connectivity index (χ0) is 13.7. The molecule has 1 N–H and O–H groups in total. The first-order valence-electron chi connectivity index (χ1n) is 6.18. The Hall–Kier alpha value is -2.30. The second kappa shape index (κ2) is 6.04. The fourth-order valence-electron chi connectivity index (χ4n) is 1.63. The van der Waals surface area contributed by atoms with Crippen molar-refractivity contribution in [2.24, 2.45) is 5.92 Å². The highest BCUT2D eigenvalue weighted by atomic mass is 16.1. The van der Waals surface area contributed by atoms with Gasteiger partial charge in [0.2, 0.25) is 5.91 Å². The summed E-state index contributed by atoms with van der Waals surface area (Å²) >= 11 is 0. The van der Waals surface area contributed by atoms with E-state index in [2.05, 4.69) is 20.3 Å². The second-order valence-corrected chi connectivity index (χ2v) is 4.65. The molecule has 0 atom stereocenters. The number of carbonyl (C=O) groups is 1. The van der Waals surface area contributed by atoms with Crippen LogP contribution in [0.2, 0.25) is 0 Å². The summed E-state index contributed by atoms with van der Waals surface area (Å²) in [7, 11) is 0. The average Bonchev–Trinajstić information content (AvgIpc) is 2.39. The van der Waals surface area contributed by atoms with E-state index in [1.54, 1.807) is 24.7 Å². The molecular weight excluding hydrogens is 240 g/mol. The largest absolute Gasteiger partial charge is 0.311 e. The molecule has 0 aromatic carbocycles. The lowest BCUT2D eigenvalue weighted by Gasteiger charge is -2.07. The Morgan fingerprint density at radius 1 is 1.21 bits per heavy atom. The van der Waals surface area contributed by atoms with Gasteiger partial charge in [0.25, 0.3) is 0 Å². The highest BCUT2D eigenvalue weighted by molar-refractivity contribution is 5.89. The number of nitrogens with zero attached hydrogens (tertiary/aromatic N) is 3. The molecule has 0 aliphatic carbocycles. The Morgan fingerprint density at radius 3 is 2.63 bits per heavy atom. The van der Waals surface area contributed by atoms with Gasteiger partial charge in [0.1, 0.15) is 5.82 Å². The molecule has 2 heterocycles. The molecule has 19 heavy (non-hydrogen) atoms. The molecule has 0 radical (unpaired) electrons. The van der Waals surface area contributed by atoms with Crippen LogP contribution in [0.5, 0.6) is 0 Å². The molecule has 2 aromatic heterocycles. The molecule has 98 valence electrons. The van der Waals surface area contributed by atoms with E-state index < -0.39 is 0 Å². The van der Waals surface area contributed by atoms with Crippen molar-refractivity contribution in [2.45, 2.75) is 20.3 Å². The zero-order valence-corrected chi connectivity index (χ0v) is 11.0. The number of carbonyl (C=O) groups excluding carboxylic acids is 1. The number of amides is 1. The highest BCUT2D eigenvalue weighted by Gasteiger charge is 2.07. The number of nitrogens with one attached hydrogen (secondary N) is 1. The number of rotatable bonds is 4. The predicted octanol–water partition coefficient (Wildman–Crippen LogP) is 2.52. The topological polar surface area (TPSA) is 67.8 Å². The van der Waals surface area contributed by atoms with E-state index in [0.717, 1.165) is 5.56 Å². The molecule has 5 heteroatoms. The molecule has 2 aromatic rings. The van der Waals surface area contributed by atoms with Crippen molar-refractivity contribution in [2.75, 3.05) is 5.32 Å². The maximum Gasteiger partial charge on any atom is 0.225 e. The van der Waals surface area contributed by atoms with Gasteiger partial charge in [0.05, 0.1) is 0 Å². The summed E-state index contributed by atoms with van der Waals surface area (Å²) in [6.45, 7) is 4.00. The fraction of sp³-hybridized carbons (Fsp3) is 0.286. The van der Waals surface area contributed by atoms with Crippen LogP contribution in [0.3, 0.4) is 0 Å². The molecule has 0 saturated carbocycles. The van der Waals surface area contributed by atoms with Gasteiger partial charge >= 0.3 is 0 Å². The van der Waals surface area contributed by atoms with Crippen LogP contribution < -0.4 is 5.32 Å². The van der Waals surface area contributed by atoms with Crippen molar-refractivity contribution < 1.29 is 4.79 Å². The van der Waals surface area contributed by atoms with Crippen LogP contribution in [0.25, 0.3) is 11.4 Å². The van der Waals surface area contributed by atoms with Gasteiger partial charge in [-0.05, 0) is 24.1 Å². The standard InChI is InChI=1S/C14H16N4O/c1-10(2)9-13(19)17-12-5-8-16-14(18-12)11-3-6-15-7-4-11/h3-8,10H,9H2,1-2H3,(H,16,17,18,19). The van der Waals surface area contributed by atoms with Gasteiger partial charge < -0.3 is 5.32 Å². The summed E-state index contributed by atoms with van der Waals surface area (Å²) in [6.07, 6.45) is 5.48. The van der Waals surface area contributed by atoms with Crippen molar-refractivity contribution in [1.82, 2.24) is 15.0 Å². The van der Waals surface area contributed by atoms with Crippen LogP contribution in [0.1, 0.15) is 20.3 Å². The van der Waals surface area contributed by atoms with Gasteiger partial charge in [-0.25, -0.2) is 9.97 Å². The molecule has 0 saturated heterocycles. The monoisotopic (exact) mass is 256 g/mol. The number of anilines is 1. The Bertz CT molecular complexity index is 554. The highest BCUT2D eigenvalue weighted by Crippen LogP contribution is 2.15. The summed E-state index contributed by atoms with van der Waals surface area (Å²) in [6, 6.07) is 5.34. The molecule has 0 bridgehead atoms. The minimum atomic E-state index is -0.0330. The summed E-state index contributed by atoms with van der Waals surface area (Å²) in [4.78, 5) is 24.1. The lowest BCUT2D eigenvalue weighted by Crippen LogP contribution is -2.15. The van der Waals surface area contributed by atoms with Crippen LogP contribution in [0.15, 0.2) is 36.8 Å². The summed E-state index contributed by atoms with van der Waals surface area (Å²) < 4.78 is 0. The van der Waals surface area contributed by atoms with Crippen molar-refractivity contribution in [1.29, 1.82) is 0 Å². The Morgan fingerprint density at radius 2 is 1.95 bits per heavy atom. The Labute approximate surface area is 112 Å². The van der Waals surface area contributed by atoms with Crippen molar-refractivity contribution in [3.8, 4) is 11.4 Å². The molecule has 0 aliphatic heterocycles. The minimum Gasteiger partial charge on any atom is -0.311 e. The van der Waals surface area contributed by atoms with Crippen LogP contribution in [-0.2, 0) is 4.79 Å². The van der Waals surface area contributed by atoms with Crippen molar-refractivity contribution in [3.05, 3.63) is 36.8 Å². The number of pyridine rings is 1. The van der Waals surface area contributed by atoms with E-state index >= 15 is 0 Å². The van der Waals surface area contributed by atoms with E-state index in [4.69, 9.17) is 0 Å². The van der Waals surface area contributed by atoms with Gasteiger partial charge in [0, 0.05) is 30.6 Å². The normalized spacial score (nSPS) is 10.5.